The SMILES string of the molecule is O=[N+]([O-])c1ccc(-c2nnn(C34CC5CC(CC(C5)C3)C4)n2)cc1. The average Bonchev–Trinajstić information content (AvgIpc) is 3.04. The van der Waals surface area contributed by atoms with E-state index in [0.29, 0.717) is 5.82 Å². The largest absolute Gasteiger partial charge is 0.269 e. The van der Waals surface area contributed by atoms with Gasteiger partial charge >= 0.3 is 0 Å². The average molecular weight is 325 g/mol. The summed E-state index contributed by atoms with van der Waals surface area (Å²) in [6, 6.07) is 6.36. The normalized spacial score (nSPS) is 33.8. The highest BCUT2D eigenvalue weighted by atomic mass is 16.6. The van der Waals surface area contributed by atoms with E-state index in [-0.39, 0.29) is 11.2 Å². The maximum absolute atomic E-state index is 10.8. The van der Waals surface area contributed by atoms with Gasteiger partial charge in [0, 0.05) is 17.7 Å². The van der Waals surface area contributed by atoms with Crippen molar-refractivity contribution in [3.8, 4) is 11.4 Å². The second kappa shape index (κ2) is 4.84. The summed E-state index contributed by atoms with van der Waals surface area (Å²) >= 11 is 0. The minimum absolute atomic E-state index is 0.0563. The highest BCUT2D eigenvalue weighted by Gasteiger charge is 2.53. The molecule has 0 atom stereocenters. The molecule has 124 valence electrons. The van der Waals surface area contributed by atoms with Gasteiger partial charge in [-0.1, -0.05) is 0 Å². The molecule has 4 bridgehead atoms. The number of rotatable bonds is 3. The van der Waals surface area contributed by atoms with Crippen LogP contribution >= 0.6 is 0 Å². The van der Waals surface area contributed by atoms with Gasteiger partial charge < -0.3 is 0 Å². The molecule has 7 nitrogen and oxygen atoms in total. The van der Waals surface area contributed by atoms with Gasteiger partial charge in [-0.3, -0.25) is 10.1 Å². The first kappa shape index (κ1) is 14.1. The van der Waals surface area contributed by atoms with Crippen LogP contribution in [0.5, 0.6) is 0 Å². The Kier molecular flexibility index (Phi) is 2.84. The number of hydrogen-bond acceptors (Lipinski definition) is 5. The Balaban J connectivity index is 1.46. The second-order valence-electron chi connectivity index (χ2n) is 7.85. The summed E-state index contributed by atoms with van der Waals surface area (Å²) in [7, 11) is 0. The fourth-order valence-corrected chi connectivity index (χ4v) is 5.57. The molecule has 4 aliphatic rings. The maximum Gasteiger partial charge on any atom is 0.269 e. The van der Waals surface area contributed by atoms with Gasteiger partial charge in [0.1, 0.15) is 0 Å². The topological polar surface area (TPSA) is 86.7 Å². The molecule has 7 heteroatoms. The van der Waals surface area contributed by atoms with Gasteiger partial charge in [-0.05, 0) is 73.6 Å². The number of benzene rings is 1. The summed E-state index contributed by atoms with van der Waals surface area (Å²) in [6.45, 7) is 0. The van der Waals surface area contributed by atoms with Gasteiger partial charge in [0.2, 0.25) is 5.82 Å². The lowest BCUT2D eigenvalue weighted by Gasteiger charge is -2.55. The van der Waals surface area contributed by atoms with Crippen LogP contribution in [-0.2, 0) is 5.54 Å². The first-order valence-electron chi connectivity index (χ1n) is 8.67. The van der Waals surface area contributed by atoms with E-state index >= 15 is 0 Å². The number of aromatic nitrogens is 4. The number of nitro groups is 1. The van der Waals surface area contributed by atoms with E-state index in [1.165, 1.54) is 50.7 Å². The lowest BCUT2D eigenvalue weighted by molar-refractivity contribution is -0.384. The van der Waals surface area contributed by atoms with E-state index in [0.717, 1.165) is 23.3 Å². The van der Waals surface area contributed by atoms with Gasteiger partial charge in [-0.15, -0.1) is 10.2 Å². The quantitative estimate of drug-likeness (QED) is 0.639. The van der Waals surface area contributed by atoms with Crippen LogP contribution in [0.25, 0.3) is 11.4 Å². The van der Waals surface area contributed by atoms with Crippen LogP contribution in [0, 0.1) is 27.9 Å². The summed E-state index contributed by atoms with van der Waals surface area (Å²) < 4.78 is 0. The van der Waals surface area contributed by atoms with Crippen molar-refractivity contribution in [2.45, 2.75) is 44.1 Å². The van der Waals surface area contributed by atoms with E-state index in [4.69, 9.17) is 0 Å². The van der Waals surface area contributed by atoms with Crippen LogP contribution in [0.4, 0.5) is 5.69 Å². The fourth-order valence-electron chi connectivity index (χ4n) is 5.57. The molecule has 1 heterocycles. The van der Waals surface area contributed by atoms with Gasteiger partial charge in [0.25, 0.3) is 5.69 Å². The molecule has 24 heavy (non-hydrogen) atoms. The first-order valence-corrected chi connectivity index (χ1v) is 8.67. The molecule has 6 rings (SSSR count). The molecule has 1 aromatic carbocycles. The molecule has 1 aromatic heterocycles. The lowest BCUT2D eigenvalue weighted by Crippen LogP contribution is -2.52. The standard InChI is InChI=1S/C17H19N5O2/c23-21(24)15-3-1-14(2-4-15)16-18-20-22(19-16)17-8-11-5-12(9-17)7-13(6-11)10-17/h1-4,11-13H,5-10H2. The molecule has 0 aliphatic heterocycles. The monoisotopic (exact) mass is 325 g/mol. The molecule has 2 aromatic rings. The van der Waals surface area contributed by atoms with Crippen molar-refractivity contribution in [3.63, 3.8) is 0 Å². The Morgan fingerprint density at radius 3 is 2.17 bits per heavy atom. The Bertz CT molecular complexity index is 762. The van der Waals surface area contributed by atoms with Crippen LogP contribution in [0.1, 0.15) is 38.5 Å². The Morgan fingerprint density at radius 2 is 1.62 bits per heavy atom. The summed E-state index contributed by atoms with van der Waals surface area (Å²) in [5.41, 5.74) is 0.907. The minimum atomic E-state index is -0.399. The minimum Gasteiger partial charge on any atom is -0.258 e. The third-order valence-electron chi connectivity index (χ3n) is 6.18. The van der Waals surface area contributed by atoms with E-state index in [2.05, 4.69) is 15.4 Å². The fraction of sp³-hybridized carbons (Fsp3) is 0.588. The maximum atomic E-state index is 10.8. The van der Waals surface area contributed by atoms with Crippen molar-refractivity contribution in [3.05, 3.63) is 34.4 Å². The van der Waals surface area contributed by atoms with E-state index in [1.54, 1.807) is 12.1 Å². The summed E-state index contributed by atoms with van der Waals surface area (Å²) in [5, 5.41) is 24.1. The van der Waals surface area contributed by atoms with Crippen LogP contribution in [0.2, 0.25) is 0 Å². The Morgan fingerprint density at radius 1 is 1.04 bits per heavy atom. The van der Waals surface area contributed by atoms with Gasteiger partial charge in [0.15, 0.2) is 0 Å². The van der Waals surface area contributed by atoms with E-state index < -0.39 is 4.92 Å². The van der Waals surface area contributed by atoms with Crippen molar-refractivity contribution in [2.75, 3.05) is 0 Å². The Hall–Kier alpha value is -2.31. The zero-order valence-electron chi connectivity index (χ0n) is 13.3. The molecular weight excluding hydrogens is 306 g/mol. The molecular formula is C17H19N5O2. The molecule has 0 radical (unpaired) electrons. The van der Waals surface area contributed by atoms with Crippen LogP contribution in [-0.4, -0.2) is 25.1 Å². The first-order chi connectivity index (χ1) is 11.6. The lowest BCUT2D eigenvalue weighted by atomic mass is 9.53. The molecule has 4 saturated carbocycles. The summed E-state index contributed by atoms with van der Waals surface area (Å²) in [4.78, 5) is 12.2. The predicted octanol–water partition coefficient (Wildman–Crippen LogP) is 3.17. The number of nitrogens with zero attached hydrogens (tertiary/aromatic N) is 5. The van der Waals surface area contributed by atoms with Crippen LogP contribution in [0.3, 0.4) is 0 Å². The molecule has 4 fully saturated rings. The molecule has 0 unspecified atom stereocenters. The zero-order chi connectivity index (χ0) is 16.3. The zero-order valence-corrected chi connectivity index (χ0v) is 13.3. The van der Waals surface area contributed by atoms with Gasteiger partial charge in [-0.2, -0.15) is 4.80 Å². The smallest absolute Gasteiger partial charge is 0.258 e. The van der Waals surface area contributed by atoms with Crippen molar-refractivity contribution in [1.82, 2.24) is 20.2 Å². The van der Waals surface area contributed by atoms with Crippen molar-refractivity contribution in [1.29, 1.82) is 0 Å². The van der Waals surface area contributed by atoms with Crippen LogP contribution < -0.4 is 0 Å². The number of tetrazole rings is 1. The third-order valence-corrected chi connectivity index (χ3v) is 6.18. The number of non-ortho nitro benzene ring substituents is 1. The van der Waals surface area contributed by atoms with Crippen molar-refractivity contribution >= 4 is 5.69 Å². The highest BCUT2D eigenvalue weighted by molar-refractivity contribution is 5.56. The van der Waals surface area contributed by atoms with Crippen molar-refractivity contribution < 1.29 is 4.92 Å². The summed E-state index contributed by atoms with van der Waals surface area (Å²) in [6.07, 6.45) is 7.66. The van der Waals surface area contributed by atoms with Crippen LogP contribution in [0.15, 0.2) is 24.3 Å². The molecule has 0 spiro atoms. The van der Waals surface area contributed by atoms with Crippen molar-refractivity contribution in [2.24, 2.45) is 17.8 Å². The third kappa shape index (κ3) is 2.07. The van der Waals surface area contributed by atoms with E-state index in [1.807, 2.05) is 4.80 Å². The van der Waals surface area contributed by atoms with Gasteiger partial charge in [-0.25, -0.2) is 0 Å². The molecule has 4 aliphatic carbocycles. The molecule has 0 amide bonds. The second-order valence-corrected chi connectivity index (χ2v) is 7.85. The number of hydrogen-bond donors (Lipinski definition) is 0. The Labute approximate surface area is 139 Å². The summed E-state index contributed by atoms with van der Waals surface area (Å²) in [5.74, 6) is 3.03. The molecule has 0 N–H and O–H groups in total. The molecule has 0 saturated heterocycles. The van der Waals surface area contributed by atoms with Gasteiger partial charge in [0.05, 0.1) is 10.5 Å². The van der Waals surface area contributed by atoms with E-state index in [9.17, 15) is 10.1 Å². The number of nitro benzene ring substituents is 1. The predicted molar refractivity (Wildman–Crippen MR) is 86.1 cm³/mol. The highest BCUT2D eigenvalue weighted by Crippen LogP contribution is 2.58.